The van der Waals surface area contributed by atoms with Gasteiger partial charge in [0.1, 0.15) is 0 Å². The predicted molar refractivity (Wildman–Crippen MR) is 92.3 cm³/mol. The Morgan fingerprint density at radius 3 is 2.81 bits per heavy atom. The van der Waals surface area contributed by atoms with E-state index in [9.17, 15) is 4.79 Å². The van der Waals surface area contributed by atoms with Crippen molar-refractivity contribution < 1.29 is 4.79 Å². The topological polar surface area (TPSA) is 53.8 Å². The van der Waals surface area contributed by atoms with Crippen LogP contribution in [0.25, 0.3) is 0 Å². The molecule has 1 aromatic rings. The number of hydrogen-bond acceptors (Lipinski definition) is 5. The van der Waals surface area contributed by atoms with Gasteiger partial charge in [-0.2, -0.15) is 5.10 Å². The van der Waals surface area contributed by atoms with Crippen molar-refractivity contribution >= 4 is 40.8 Å². The third-order valence-corrected chi connectivity index (χ3v) is 4.80. The molecule has 2 rings (SSSR count). The second kappa shape index (κ2) is 8.89. The molecule has 0 aromatic heterocycles. The van der Waals surface area contributed by atoms with Crippen molar-refractivity contribution in [2.24, 2.45) is 10.2 Å². The van der Waals surface area contributed by atoms with Gasteiger partial charge < -0.3 is 5.32 Å². The molecule has 0 radical (unpaired) electrons. The van der Waals surface area contributed by atoms with E-state index in [0.29, 0.717) is 10.9 Å². The Kier molecular flexibility index (Phi) is 6.82. The number of nitrogens with zero attached hydrogens (tertiary/aromatic N) is 2. The standard InChI is InChI=1S/C15H19N3OS2/c1-2-3-4-9-20-13-7-5-12(6-8-13)10-16-18-15-17-14(19)11-21-15/h5-8,10H,2-4,9,11H2,1H3,(H,17,18,19). The first-order valence-electron chi connectivity index (χ1n) is 7.04. The minimum atomic E-state index is -0.0154. The maximum Gasteiger partial charge on any atom is 0.236 e. The smallest absolute Gasteiger partial charge is 0.236 e. The molecule has 4 nitrogen and oxygen atoms in total. The number of amidine groups is 1. The lowest BCUT2D eigenvalue weighted by Gasteiger charge is -2.01. The molecule has 0 aliphatic carbocycles. The lowest BCUT2D eigenvalue weighted by Crippen LogP contribution is -2.19. The van der Waals surface area contributed by atoms with Crippen LogP contribution in [0.5, 0.6) is 0 Å². The van der Waals surface area contributed by atoms with Crippen LogP contribution in [0.4, 0.5) is 0 Å². The zero-order valence-corrected chi connectivity index (χ0v) is 13.7. The zero-order valence-electron chi connectivity index (χ0n) is 12.0. The number of carbonyl (C=O) groups excluding carboxylic acids is 1. The highest BCUT2D eigenvalue weighted by Gasteiger charge is 2.15. The molecule has 0 bridgehead atoms. The lowest BCUT2D eigenvalue weighted by atomic mass is 10.2. The third kappa shape index (κ3) is 5.93. The van der Waals surface area contributed by atoms with E-state index in [1.165, 1.54) is 41.7 Å². The van der Waals surface area contributed by atoms with Gasteiger partial charge in [-0.3, -0.25) is 4.79 Å². The van der Waals surface area contributed by atoms with Gasteiger partial charge in [-0.15, -0.1) is 16.9 Å². The molecule has 1 amide bonds. The first kappa shape index (κ1) is 16.1. The van der Waals surface area contributed by atoms with E-state index >= 15 is 0 Å². The Morgan fingerprint density at radius 2 is 2.14 bits per heavy atom. The first-order chi connectivity index (χ1) is 10.3. The largest absolute Gasteiger partial charge is 0.303 e. The van der Waals surface area contributed by atoms with Crippen LogP contribution in [0.2, 0.25) is 0 Å². The number of nitrogens with one attached hydrogen (secondary N) is 1. The summed E-state index contributed by atoms with van der Waals surface area (Å²) in [5, 5.41) is 11.2. The van der Waals surface area contributed by atoms with E-state index in [1.54, 1.807) is 6.21 Å². The van der Waals surface area contributed by atoms with Gasteiger partial charge in [-0.05, 0) is 29.9 Å². The van der Waals surface area contributed by atoms with Crippen LogP contribution < -0.4 is 5.32 Å². The van der Waals surface area contributed by atoms with Crippen LogP contribution in [-0.4, -0.2) is 28.8 Å². The third-order valence-electron chi connectivity index (χ3n) is 2.84. The van der Waals surface area contributed by atoms with Gasteiger partial charge >= 0.3 is 0 Å². The minimum Gasteiger partial charge on any atom is -0.303 e. The normalized spacial score (nSPS) is 16.8. The molecule has 112 valence electrons. The Hall–Kier alpha value is -1.27. The second-order valence-electron chi connectivity index (χ2n) is 4.61. The molecule has 21 heavy (non-hydrogen) atoms. The Labute approximate surface area is 133 Å². The number of rotatable bonds is 7. The van der Waals surface area contributed by atoms with Gasteiger partial charge in [-0.25, -0.2) is 0 Å². The van der Waals surface area contributed by atoms with Gasteiger partial charge in [0.2, 0.25) is 5.91 Å². The number of benzene rings is 1. The van der Waals surface area contributed by atoms with E-state index in [-0.39, 0.29) is 5.91 Å². The molecular formula is C15H19N3OS2. The van der Waals surface area contributed by atoms with Crippen LogP contribution in [0.1, 0.15) is 31.7 Å². The monoisotopic (exact) mass is 321 g/mol. The van der Waals surface area contributed by atoms with Crippen molar-refractivity contribution in [2.45, 2.75) is 31.1 Å². The molecule has 0 spiro atoms. The summed E-state index contributed by atoms with van der Waals surface area (Å²) < 4.78 is 0. The van der Waals surface area contributed by atoms with Crippen LogP contribution in [0, 0.1) is 0 Å². The van der Waals surface area contributed by atoms with Gasteiger partial charge in [0.05, 0.1) is 12.0 Å². The highest BCUT2D eigenvalue weighted by atomic mass is 32.2. The molecule has 1 aromatic carbocycles. The zero-order chi connectivity index (χ0) is 14.9. The molecule has 1 heterocycles. The Balaban J connectivity index is 1.80. The summed E-state index contributed by atoms with van der Waals surface area (Å²) >= 11 is 3.26. The van der Waals surface area contributed by atoms with Crippen molar-refractivity contribution in [1.29, 1.82) is 0 Å². The molecule has 1 fully saturated rings. The molecule has 0 atom stereocenters. The van der Waals surface area contributed by atoms with Gasteiger partial charge in [0, 0.05) is 4.90 Å². The lowest BCUT2D eigenvalue weighted by molar-refractivity contribution is -0.116. The van der Waals surface area contributed by atoms with Gasteiger partial charge in [-0.1, -0.05) is 43.7 Å². The number of carbonyl (C=O) groups is 1. The van der Waals surface area contributed by atoms with E-state index in [4.69, 9.17) is 0 Å². The molecule has 0 unspecified atom stereocenters. The number of amides is 1. The summed E-state index contributed by atoms with van der Waals surface area (Å²) in [7, 11) is 0. The van der Waals surface area contributed by atoms with Crippen molar-refractivity contribution in [3.05, 3.63) is 29.8 Å². The van der Waals surface area contributed by atoms with E-state index in [0.717, 1.165) is 5.56 Å². The molecule has 1 saturated heterocycles. The van der Waals surface area contributed by atoms with Crippen molar-refractivity contribution in [3.63, 3.8) is 0 Å². The Bertz CT molecular complexity index is 526. The minimum absolute atomic E-state index is 0.0154. The molecule has 0 saturated carbocycles. The highest BCUT2D eigenvalue weighted by molar-refractivity contribution is 8.15. The van der Waals surface area contributed by atoms with E-state index in [1.807, 2.05) is 23.9 Å². The second-order valence-corrected chi connectivity index (χ2v) is 6.74. The van der Waals surface area contributed by atoms with Crippen LogP contribution >= 0.6 is 23.5 Å². The van der Waals surface area contributed by atoms with Crippen molar-refractivity contribution in [3.8, 4) is 0 Å². The van der Waals surface area contributed by atoms with E-state index < -0.39 is 0 Å². The summed E-state index contributed by atoms with van der Waals surface area (Å²) in [6, 6.07) is 8.28. The average molecular weight is 321 g/mol. The van der Waals surface area contributed by atoms with Crippen molar-refractivity contribution in [2.75, 3.05) is 11.5 Å². The molecule has 1 aliphatic heterocycles. The van der Waals surface area contributed by atoms with Crippen LogP contribution in [0.15, 0.2) is 39.4 Å². The number of unbranched alkanes of at least 4 members (excludes halogenated alkanes) is 2. The quantitative estimate of drug-likeness (QED) is 0.362. The average Bonchev–Trinajstić information content (AvgIpc) is 2.91. The maximum absolute atomic E-state index is 11.0. The fraction of sp³-hybridized carbons (Fsp3) is 0.400. The summed E-state index contributed by atoms with van der Waals surface area (Å²) in [6.45, 7) is 2.22. The summed E-state index contributed by atoms with van der Waals surface area (Å²) in [5.41, 5.74) is 1.01. The highest BCUT2D eigenvalue weighted by Crippen LogP contribution is 2.19. The predicted octanol–water partition coefficient (Wildman–Crippen LogP) is 3.52. The summed E-state index contributed by atoms with van der Waals surface area (Å²) in [4.78, 5) is 12.3. The number of hydrogen-bond donors (Lipinski definition) is 1. The van der Waals surface area contributed by atoms with Crippen molar-refractivity contribution in [1.82, 2.24) is 5.32 Å². The van der Waals surface area contributed by atoms with Crippen LogP contribution in [-0.2, 0) is 4.79 Å². The van der Waals surface area contributed by atoms with Gasteiger partial charge in [0.15, 0.2) is 5.17 Å². The number of thioether (sulfide) groups is 2. The fourth-order valence-electron chi connectivity index (χ4n) is 1.72. The fourth-order valence-corrected chi connectivity index (χ4v) is 3.26. The van der Waals surface area contributed by atoms with Crippen LogP contribution in [0.3, 0.4) is 0 Å². The van der Waals surface area contributed by atoms with E-state index in [2.05, 4.69) is 34.6 Å². The Morgan fingerprint density at radius 1 is 1.33 bits per heavy atom. The molecule has 6 heteroatoms. The molecule has 1 N–H and O–H groups in total. The SMILES string of the molecule is CCCCCSc1ccc(C=NN=C2NC(=O)CS2)cc1. The summed E-state index contributed by atoms with van der Waals surface area (Å²) in [5.74, 6) is 1.59. The van der Waals surface area contributed by atoms with Gasteiger partial charge in [0.25, 0.3) is 0 Å². The molecule has 1 aliphatic rings. The maximum atomic E-state index is 11.0. The first-order valence-corrected chi connectivity index (χ1v) is 9.01. The summed E-state index contributed by atoms with van der Waals surface area (Å²) in [6.07, 6.45) is 5.53. The molecular weight excluding hydrogens is 302 g/mol.